The third-order valence-electron chi connectivity index (χ3n) is 5.06. The minimum atomic E-state index is -0.847. The Hall–Kier alpha value is -3.67. The Morgan fingerprint density at radius 1 is 0.774 bits per heavy atom. The number of anilines is 1. The zero-order chi connectivity index (χ0) is 22.2. The topological polar surface area (TPSA) is 68.2 Å². The summed E-state index contributed by atoms with van der Waals surface area (Å²) in [6.07, 6.45) is -0.00348. The van der Waals surface area contributed by atoms with Crippen LogP contribution in [0.4, 0.5) is 5.69 Å². The number of para-hydroxylation sites is 2. The van der Waals surface area contributed by atoms with Crippen LogP contribution in [0.15, 0.2) is 66.7 Å². The van der Waals surface area contributed by atoms with Gasteiger partial charge in [-0.05, 0) is 29.8 Å². The van der Waals surface area contributed by atoms with E-state index < -0.39 is 5.97 Å². The lowest BCUT2D eigenvalue weighted by Gasteiger charge is -2.27. The molecule has 3 rings (SSSR count). The molecule has 0 atom stereocenters. The largest absolute Gasteiger partial charge is 0.496 e. The second-order valence-electron chi connectivity index (χ2n) is 7.06. The van der Waals surface area contributed by atoms with Crippen LogP contribution in [0.2, 0.25) is 0 Å². The van der Waals surface area contributed by atoms with Crippen molar-refractivity contribution in [3.63, 3.8) is 0 Å². The van der Waals surface area contributed by atoms with Gasteiger partial charge in [-0.1, -0.05) is 42.5 Å². The molecule has 0 aliphatic rings. The monoisotopic (exact) mass is 421 g/mol. The molecule has 31 heavy (non-hydrogen) atoms. The van der Waals surface area contributed by atoms with Crippen molar-refractivity contribution in [1.82, 2.24) is 0 Å². The number of hydrogen-bond acceptors (Lipinski definition) is 5. The highest BCUT2D eigenvalue weighted by molar-refractivity contribution is 5.70. The number of rotatable bonds is 10. The van der Waals surface area contributed by atoms with Gasteiger partial charge >= 0.3 is 5.97 Å². The Kier molecular flexibility index (Phi) is 7.38. The molecule has 0 amide bonds. The Morgan fingerprint density at radius 2 is 1.39 bits per heavy atom. The highest BCUT2D eigenvalue weighted by Crippen LogP contribution is 2.33. The van der Waals surface area contributed by atoms with Gasteiger partial charge in [-0.2, -0.15) is 0 Å². The summed E-state index contributed by atoms with van der Waals surface area (Å²) >= 11 is 0. The molecule has 3 aromatic rings. The van der Waals surface area contributed by atoms with Crippen LogP contribution < -0.4 is 19.1 Å². The van der Waals surface area contributed by atoms with Crippen LogP contribution in [0.25, 0.3) is 0 Å². The molecule has 6 heteroatoms. The number of hydrogen-bond donors (Lipinski definition) is 1. The molecule has 0 bridgehead atoms. The number of carbonyl (C=O) groups is 1. The Labute approximate surface area is 182 Å². The third kappa shape index (κ3) is 5.48. The summed E-state index contributed by atoms with van der Waals surface area (Å²) in [6.45, 7) is 1.17. The molecule has 3 aromatic carbocycles. The number of nitrogens with zero attached hydrogens (tertiary/aromatic N) is 1. The van der Waals surface area contributed by atoms with Gasteiger partial charge in [-0.3, -0.25) is 4.79 Å². The van der Waals surface area contributed by atoms with E-state index in [1.54, 1.807) is 21.3 Å². The second kappa shape index (κ2) is 10.4. The van der Waals surface area contributed by atoms with Crippen LogP contribution in [0.1, 0.15) is 16.7 Å². The van der Waals surface area contributed by atoms with Crippen molar-refractivity contribution in [3.8, 4) is 17.2 Å². The lowest BCUT2D eigenvalue weighted by molar-refractivity contribution is -0.136. The molecule has 0 aliphatic heterocycles. The molecule has 6 nitrogen and oxygen atoms in total. The molecular weight excluding hydrogens is 394 g/mol. The first-order valence-corrected chi connectivity index (χ1v) is 9.93. The highest BCUT2D eigenvalue weighted by atomic mass is 16.5. The number of carboxylic acid groups (broad SMARTS) is 1. The average Bonchev–Trinajstić information content (AvgIpc) is 2.78. The number of benzene rings is 3. The van der Waals surface area contributed by atoms with Crippen LogP contribution in [0.5, 0.6) is 17.2 Å². The predicted molar refractivity (Wildman–Crippen MR) is 120 cm³/mol. The van der Waals surface area contributed by atoms with Gasteiger partial charge in [0.15, 0.2) is 11.5 Å². The van der Waals surface area contributed by atoms with Gasteiger partial charge in [-0.25, -0.2) is 0 Å². The van der Waals surface area contributed by atoms with Gasteiger partial charge in [0.25, 0.3) is 0 Å². The van der Waals surface area contributed by atoms with E-state index in [1.165, 1.54) is 0 Å². The van der Waals surface area contributed by atoms with Gasteiger partial charge < -0.3 is 24.2 Å². The van der Waals surface area contributed by atoms with Crippen molar-refractivity contribution >= 4 is 11.7 Å². The van der Waals surface area contributed by atoms with Crippen molar-refractivity contribution in [1.29, 1.82) is 0 Å². The molecule has 0 heterocycles. The first-order chi connectivity index (χ1) is 15.0. The lowest BCUT2D eigenvalue weighted by atomic mass is 10.1. The zero-order valence-corrected chi connectivity index (χ0v) is 18.0. The van der Waals surface area contributed by atoms with Crippen molar-refractivity contribution < 1.29 is 24.1 Å². The predicted octanol–water partition coefficient (Wildman–Crippen LogP) is 4.55. The standard InChI is InChI=1S/C25H27NO5/c1-29-22-9-5-4-7-19(22)16-26(21-13-11-18(12-14-21)15-24(27)28)17-20-8-6-10-23(30-2)25(20)31-3/h4-14H,15-17H2,1-3H3,(H,27,28). The van der Waals surface area contributed by atoms with Gasteiger partial charge in [0.2, 0.25) is 0 Å². The normalized spacial score (nSPS) is 10.4. The number of carboxylic acids is 1. The molecule has 0 aliphatic carbocycles. The first kappa shape index (κ1) is 22.0. The molecule has 0 fully saturated rings. The fourth-order valence-corrected chi connectivity index (χ4v) is 3.56. The van der Waals surface area contributed by atoms with E-state index in [0.717, 1.165) is 28.1 Å². The first-order valence-electron chi connectivity index (χ1n) is 9.93. The van der Waals surface area contributed by atoms with E-state index >= 15 is 0 Å². The third-order valence-corrected chi connectivity index (χ3v) is 5.06. The summed E-state index contributed by atoms with van der Waals surface area (Å²) in [6, 6.07) is 21.3. The van der Waals surface area contributed by atoms with E-state index in [4.69, 9.17) is 19.3 Å². The number of aliphatic carboxylic acids is 1. The van der Waals surface area contributed by atoms with Gasteiger partial charge in [0.1, 0.15) is 5.75 Å². The average molecular weight is 421 g/mol. The molecule has 1 N–H and O–H groups in total. The van der Waals surface area contributed by atoms with Crippen LogP contribution in [-0.4, -0.2) is 32.4 Å². The Bertz CT molecular complexity index is 1020. The SMILES string of the molecule is COc1ccccc1CN(Cc1cccc(OC)c1OC)c1ccc(CC(=O)O)cc1. The highest BCUT2D eigenvalue weighted by Gasteiger charge is 2.16. The molecule has 0 saturated heterocycles. The van der Waals surface area contributed by atoms with Crippen molar-refractivity contribution in [2.24, 2.45) is 0 Å². The number of methoxy groups -OCH3 is 3. The molecular formula is C25H27NO5. The van der Waals surface area contributed by atoms with Crippen molar-refractivity contribution in [2.75, 3.05) is 26.2 Å². The minimum absolute atomic E-state index is 0.00348. The van der Waals surface area contributed by atoms with E-state index in [1.807, 2.05) is 66.7 Å². The van der Waals surface area contributed by atoms with E-state index in [-0.39, 0.29) is 6.42 Å². The van der Waals surface area contributed by atoms with Crippen molar-refractivity contribution in [3.05, 3.63) is 83.4 Å². The Balaban J connectivity index is 1.97. The summed E-state index contributed by atoms with van der Waals surface area (Å²) < 4.78 is 16.6. The molecule has 0 radical (unpaired) electrons. The maximum absolute atomic E-state index is 11.0. The minimum Gasteiger partial charge on any atom is -0.496 e. The maximum atomic E-state index is 11.0. The summed E-state index contributed by atoms with van der Waals surface area (Å²) in [5.41, 5.74) is 3.74. The molecule has 0 aromatic heterocycles. The van der Waals surface area contributed by atoms with Crippen LogP contribution in [0, 0.1) is 0 Å². The Morgan fingerprint density at radius 3 is 2.03 bits per heavy atom. The molecule has 0 spiro atoms. The molecule has 0 unspecified atom stereocenters. The van der Waals surface area contributed by atoms with E-state index in [0.29, 0.717) is 24.6 Å². The van der Waals surface area contributed by atoms with Gasteiger partial charge in [0.05, 0.1) is 27.8 Å². The van der Waals surface area contributed by atoms with Crippen molar-refractivity contribution in [2.45, 2.75) is 19.5 Å². The lowest BCUT2D eigenvalue weighted by Crippen LogP contribution is -2.23. The van der Waals surface area contributed by atoms with Gasteiger partial charge in [0, 0.05) is 29.9 Å². The fourth-order valence-electron chi connectivity index (χ4n) is 3.56. The maximum Gasteiger partial charge on any atom is 0.307 e. The van der Waals surface area contributed by atoms with Crippen LogP contribution in [-0.2, 0) is 24.3 Å². The summed E-state index contributed by atoms with van der Waals surface area (Å²) in [5, 5.41) is 9.05. The smallest absolute Gasteiger partial charge is 0.307 e. The van der Waals surface area contributed by atoms with Gasteiger partial charge in [-0.15, -0.1) is 0 Å². The summed E-state index contributed by atoms with van der Waals surface area (Å²) in [7, 11) is 4.91. The van der Waals surface area contributed by atoms with Crippen LogP contribution >= 0.6 is 0 Å². The van der Waals surface area contributed by atoms with E-state index in [9.17, 15) is 4.79 Å². The summed E-state index contributed by atoms with van der Waals surface area (Å²) in [4.78, 5) is 13.2. The number of ether oxygens (including phenoxy) is 3. The molecule has 162 valence electrons. The van der Waals surface area contributed by atoms with Crippen LogP contribution in [0.3, 0.4) is 0 Å². The zero-order valence-electron chi connectivity index (χ0n) is 18.0. The van der Waals surface area contributed by atoms with E-state index in [2.05, 4.69) is 4.90 Å². The summed E-state index contributed by atoms with van der Waals surface area (Å²) in [5.74, 6) is 1.33. The molecule has 0 saturated carbocycles. The second-order valence-corrected chi connectivity index (χ2v) is 7.06. The quantitative estimate of drug-likeness (QED) is 0.518. The fraction of sp³-hybridized carbons (Fsp3) is 0.240.